The number of alkyl halides is 5. The number of carbonyl (C=O) groups excluding carboxylic acids is 2. The summed E-state index contributed by atoms with van der Waals surface area (Å²) in [7, 11) is 0. The van der Waals surface area contributed by atoms with Crippen molar-refractivity contribution in [2.24, 2.45) is 17.3 Å². The fourth-order valence-electron chi connectivity index (χ4n) is 6.23. The predicted octanol–water partition coefficient (Wildman–Crippen LogP) is 5.74. The van der Waals surface area contributed by atoms with E-state index < -0.39 is 43.1 Å². The zero-order chi connectivity index (χ0) is 23.1. The van der Waals surface area contributed by atoms with Gasteiger partial charge in [-0.25, -0.2) is 0 Å². The first kappa shape index (κ1) is 23.3. The van der Waals surface area contributed by atoms with Crippen LogP contribution in [-0.2, 0) is 9.53 Å². The Morgan fingerprint density at radius 2 is 1.69 bits per heavy atom. The Labute approximate surface area is 190 Å². The van der Waals surface area contributed by atoms with E-state index in [9.17, 15) is 27.2 Å². The Bertz CT molecular complexity index is 879. The van der Waals surface area contributed by atoms with Crippen LogP contribution in [-0.4, -0.2) is 35.9 Å². The fourth-order valence-corrected chi connectivity index (χ4v) is 7.74. The molecule has 0 radical (unpaired) electrons. The van der Waals surface area contributed by atoms with Crippen LogP contribution < -0.4 is 9.47 Å². The lowest BCUT2D eigenvalue weighted by atomic mass is 9.49. The zero-order valence-electron chi connectivity index (χ0n) is 17.1. The van der Waals surface area contributed by atoms with Crippen LogP contribution in [0, 0.1) is 17.3 Å². The minimum atomic E-state index is -3.28. The van der Waals surface area contributed by atoms with Gasteiger partial charge in [0.05, 0.1) is 12.0 Å². The molecule has 0 aromatic heterocycles. The lowest BCUT2D eigenvalue weighted by molar-refractivity contribution is -0.149. The number of hydrogen-bond acceptors (Lipinski definition) is 5. The van der Waals surface area contributed by atoms with Crippen LogP contribution in [0.25, 0.3) is 0 Å². The molecular formula is C22H23BrF4O5. The third-order valence-electron chi connectivity index (χ3n) is 6.69. The smallest absolute Gasteiger partial charge is 0.387 e. The standard InChI is InChI=1S/C22H23BrF4O5/c23-22-7-12-3-13(8-22)6-21(5-12,11-22)9-18(29)30-10-16(28)15-2-1-14(31-19(24)25)4-17(15)32-20(26)27/h1-2,4,12-13,19-20H,3,5-11H2/t12-,13+,21?,22?. The number of benzene rings is 1. The molecule has 176 valence electrons. The third kappa shape index (κ3) is 5.21. The largest absolute Gasteiger partial charge is 0.457 e. The summed E-state index contributed by atoms with van der Waals surface area (Å²) in [5.41, 5.74) is -0.444. The van der Waals surface area contributed by atoms with E-state index in [0.717, 1.165) is 50.3 Å². The highest BCUT2D eigenvalue weighted by Crippen LogP contribution is 2.65. The van der Waals surface area contributed by atoms with Crippen LogP contribution in [0.15, 0.2) is 18.2 Å². The summed E-state index contributed by atoms with van der Waals surface area (Å²) >= 11 is 3.88. The van der Waals surface area contributed by atoms with Crippen molar-refractivity contribution < 1.29 is 41.4 Å². The molecule has 4 aliphatic rings. The number of esters is 1. The van der Waals surface area contributed by atoms with Crippen molar-refractivity contribution in [2.75, 3.05) is 6.61 Å². The van der Waals surface area contributed by atoms with E-state index in [1.54, 1.807) is 0 Å². The van der Waals surface area contributed by atoms with E-state index in [2.05, 4.69) is 25.4 Å². The maximum absolute atomic E-state index is 12.7. The van der Waals surface area contributed by atoms with Gasteiger partial charge >= 0.3 is 19.2 Å². The first-order valence-electron chi connectivity index (χ1n) is 10.5. The molecule has 32 heavy (non-hydrogen) atoms. The van der Waals surface area contributed by atoms with Crippen molar-refractivity contribution >= 4 is 27.7 Å². The SMILES string of the molecule is O=C(CC12C[C@@H]3C[C@@H](CC(Br)(C3)C1)C2)OCC(=O)c1ccc(OC(F)F)cc1OC(F)F. The Kier molecular flexibility index (Phi) is 6.44. The number of ketones is 1. The molecule has 4 saturated carbocycles. The normalized spacial score (nSPS) is 30.6. The van der Waals surface area contributed by atoms with Crippen molar-refractivity contribution in [2.45, 2.75) is 62.5 Å². The minimum Gasteiger partial charge on any atom is -0.457 e. The predicted molar refractivity (Wildman–Crippen MR) is 108 cm³/mol. The number of Topliss-reactive ketones (excluding diaryl/α,β-unsaturated/α-hetero) is 1. The lowest BCUT2D eigenvalue weighted by Gasteiger charge is -2.60. The van der Waals surface area contributed by atoms with Crippen molar-refractivity contribution in [3.05, 3.63) is 23.8 Å². The molecule has 0 N–H and O–H groups in total. The van der Waals surface area contributed by atoms with E-state index >= 15 is 0 Å². The third-order valence-corrected chi connectivity index (χ3v) is 7.62. The van der Waals surface area contributed by atoms with Crippen molar-refractivity contribution in [1.29, 1.82) is 0 Å². The molecule has 0 spiro atoms. The number of rotatable bonds is 9. The van der Waals surface area contributed by atoms with Gasteiger partial charge in [-0.3, -0.25) is 9.59 Å². The summed E-state index contributed by atoms with van der Waals surface area (Å²) in [6.07, 6.45) is 6.49. The van der Waals surface area contributed by atoms with Crippen LogP contribution in [0.3, 0.4) is 0 Å². The van der Waals surface area contributed by atoms with Crippen LogP contribution >= 0.6 is 15.9 Å². The Morgan fingerprint density at radius 3 is 2.28 bits per heavy atom. The van der Waals surface area contributed by atoms with Gasteiger partial charge in [0.2, 0.25) is 5.78 Å². The van der Waals surface area contributed by atoms with Crippen molar-refractivity contribution in [1.82, 2.24) is 0 Å². The second-order valence-electron chi connectivity index (χ2n) is 9.29. The second kappa shape index (κ2) is 8.83. The van der Waals surface area contributed by atoms with Gasteiger partial charge in [-0.15, -0.1) is 0 Å². The monoisotopic (exact) mass is 522 g/mol. The molecule has 0 saturated heterocycles. The fraction of sp³-hybridized carbons (Fsp3) is 0.636. The van der Waals surface area contributed by atoms with Crippen LogP contribution in [0.1, 0.15) is 55.3 Å². The molecular weight excluding hydrogens is 500 g/mol. The maximum atomic E-state index is 12.7. The number of hydrogen-bond donors (Lipinski definition) is 0. The lowest BCUT2D eigenvalue weighted by Crippen LogP contribution is -2.53. The molecule has 5 rings (SSSR count). The van der Waals surface area contributed by atoms with Crippen LogP contribution in [0.5, 0.6) is 11.5 Å². The molecule has 10 heteroatoms. The molecule has 4 atom stereocenters. The highest BCUT2D eigenvalue weighted by molar-refractivity contribution is 9.10. The quantitative estimate of drug-likeness (QED) is 0.179. The molecule has 1 aromatic carbocycles. The number of halogens is 5. The van der Waals surface area contributed by atoms with Gasteiger partial charge in [0.15, 0.2) is 6.61 Å². The average molecular weight is 523 g/mol. The van der Waals surface area contributed by atoms with E-state index in [1.807, 2.05) is 0 Å². The van der Waals surface area contributed by atoms with Gasteiger partial charge in [0, 0.05) is 10.4 Å². The van der Waals surface area contributed by atoms with E-state index in [4.69, 9.17) is 4.74 Å². The Hall–Kier alpha value is -1.84. The summed E-state index contributed by atoms with van der Waals surface area (Å²) in [6.45, 7) is -7.10. The van der Waals surface area contributed by atoms with Crippen LogP contribution in [0.4, 0.5) is 17.6 Å². The molecule has 4 fully saturated rings. The van der Waals surface area contributed by atoms with Gasteiger partial charge in [-0.1, -0.05) is 15.9 Å². The molecule has 0 aliphatic heterocycles. The van der Waals surface area contributed by atoms with Crippen LogP contribution in [0.2, 0.25) is 0 Å². The summed E-state index contributed by atoms with van der Waals surface area (Å²) in [5, 5.41) is 0. The van der Waals surface area contributed by atoms with E-state index in [1.165, 1.54) is 6.42 Å². The summed E-state index contributed by atoms with van der Waals surface area (Å²) in [5.74, 6) is -1.16. The first-order chi connectivity index (χ1) is 15.0. The highest BCUT2D eigenvalue weighted by atomic mass is 79.9. The maximum Gasteiger partial charge on any atom is 0.387 e. The molecule has 0 amide bonds. The van der Waals surface area contributed by atoms with Gasteiger partial charge in [0.1, 0.15) is 11.5 Å². The highest BCUT2D eigenvalue weighted by Gasteiger charge is 2.57. The Morgan fingerprint density at radius 1 is 1.03 bits per heavy atom. The van der Waals surface area contributed by atoms with Gasteiger partial charge in [0.25, 0.3) is 0 Å². The molecule has 4 bridgehead atoms. The first-order valence-corrected chi connectivity index (χ1v) is 11.3. The average Bonchev–Trinajstić information content (AvgIpc) is 2.63. The second-order valence-corrected chi connectivity index (χ2v) is 11.0. The van der Waals surface area contributed by atoms with E-state index in [0.29, 0.717) is 11.8 Å². The molecule has 2 unspecified atom stereocenters. The van der Waals surface area contributed by atoms with Crippen molar-refractivity contribution in [3.63, 3.8) is 0 Å². The van der Waals surface area contributed by atoms with Gasteiger partial charge in [-0.05, 0) is 67.9 Å². The summed E-state index contributed by atoms with van der Waals surface area (Å²) < 4.78 is 63.9. The molecule has 0 heterocycles. The van der Waals surface area contributed by atoms with Gasteiger partial charge in [-0.2, -0.15) is 17.6 Å². The Balaban J connectivity index is 1.38. The van der Waals surface area contributed by atoms with Gasteiger partial charge < -0.3 is 14.2 Å². The number of carbonyl (C=O) groups is 2. The molecule has 1 aromatic rings. The number of ether oxygens (including phenoxy) is 3. The molecule has 5 nitrogen and oxygen atoms in total. The molecule has 4 aliphatic carbocycles. The van der Waals surface area contributed by atoms with E-state index in [-0.39, 0.29) is 21.7 Å². The summed E-state index contributed by atoms with van der Waals surface area (Å²) in [4.78, 5) is 25.1. The van der Waals surface area contributed by atoms with Crippen molar-refractivity contribution in [3.8, 4) is 11.5 Å². The summed E-state index contributed by atoms with van der Waals surface area (Å²) in [6, 6.07) is 2.84. The zero-order valence-corrected chi connectivity index (χ0v) is 18.7. The minimum absolute atomic E-state index is 0.0801. The topological polar surface area (TPSA) is 61.8 Å².